The van der Waals surface area contributed by atoms with Gasteiger partial charge >= 0.3 is 0 Å². The average molecular weight is 383 g/mol. The van der Waals surface area contributed by atoms with Crippen molar-refractivity contribution in [3.63, 3.8) is 0 Å². The second kappa shape index (κ2) is 5.88. The summed E-state index contributed by atoms with van der Waals surface area (Å²) in [6.45, 7) is 4.08. The average Bonchev–Trinajstić information content (AvgIpc) is 2.37. The van der Waals surface area contributed by atoms with E-state index in [0.717, 1.165) is 16.8 Å². The van der Waals surface area contributed by atoms with Crippen LogP contribution in [0.4, 0.5) is 5.69 Å². The monoisotopic (exact) mass is 381 g/mol. The first-order chi connectivity index (χ1) is 8.97. The standard InChI is InChI=1S/C15H13Br2NO/c1-9-3-4-10(2)14(5-9)18-8-11-6-12(16)15(19)13(17)7-11/h3-8,19H,1-2H3. The Morgan fingerprint density at radius 2 is 1.68 bits per heavy atom. The summed E-state index contributed by atoms with van der Waals surface area (Å²) >= 11 is 6.62. The first-order valence-corrected chi connectivity index (χ1v) is 7.35. The third kappa shape index (κ3) is 3.45. The predicted molar refractivity (Wildman–Crippen MR) is 86.7 cm³/mol. The maximum absolute atomic E-state index is 9.66. The molecule has 2 rings (SSSR count). The number of nitrogens with zero attached hydrogens (tertiary/aromatic N) is 1. The Labute approximate surface area is 129 Å². The molecule has 0 radical (unpaired) electrons. The van der Waals surface area contributed by atoms with Crippen LogP contribution in [0.2, 0.25) is 0 Å². The summed E-state index contributed by atoms with van der Waals surface area (Å²) in [4.78, 5) is 4.50. The summed E-state index contributed by atoms with van der Waals surface area (Å²) in [6, 6.07) is 9.84. The van der Waals surface area contributed by atoms with Crippen LogP contribution < -0.4 is 0 Å². The van der Waals surface area contributed by atoms with Gasteiger partial charge in [-0.3, -0.25) is 4.99 Å². The van der Waals surface area contributed by atoms with Crippen LogP contribution in [0.1, 0.15) is 16.7 Å². The number of phenols is 1. The number of rotatable bonds is 2. The zero-order valence-corrected chi connectivity index (χ0v) is 13.8. The number of phenolic OH excluding ortho intramolecular Hbond substituents is 1. The van der Waals surface area contributed by atoms with E-state index in [1.165, 1.54) is 5.56 Å². The Morgan fingerprint density at radius 3 is 2.32 bits per heavy atom. The van der Waals surface area contributed by atoms with E-state index in [2.05, 4.69) is 55.1 Å². The number of aromatic hydroxyl groups is 1. The van der Waals surface area contributed by atoms with Crippen LogP contribution in [0.15, 0.2) is 44.3 Å². The molecule has 0 spiro atoms. The Kier molecular flexibility index (Phi) is 4.42. The van der Waals surface area contributed by atoms with Gasteiger partial charge in [-0.25, -0.2) is 0 Å². The maximum Gasteiger partial charge on any atom is 0.143 e. The number of hydrogen-bond acceptors (Lipinski definition) is 2. The molecule has 0 amide bonds. The molecule has 0 aliphatic heterocycles. The van der Waals surface area contributed by atoms with Crippen LogP contribution in [0.3, 0.4) is 0 Å². The largest absolute Gasteiger partial charge is 0.506 e. The zero-order chi connectivity index (χ0) is 14.0. The molecule has 19 heavy (non-hydrogen) atoms. The molecular weight excluding hydrogens is 370 g/mol. The highest BCUT2D eigenvalue weighted by Gasteiger charge is 2.04. The van der Waals surface area contributed by atoms with Crippen molar-refractivity contribution in [2.24, 2.45) is 4.99 Å². The van der Waals surface area contributed by atoms with Gasteiger partial charge in [0.25, 0.3) is 0 Å². The summed E-state index contributed by atoms with van der Waals surface area (Å²) in [6.07, 6.45) is 1.79. The van der Waals surface area contributed by atoms with E-state index >= 15 is 0 Å². The van der Waals surface area contributed by atoms with E-state index in [-0.39, 0.29) is 5.75 Å². The molecule has 2 aromatic carbocycles. The van der Waals surface area contributed by atoms with Gasteiger partial charge in [0.15, 0.2) is 0 Å². The van der Waals surface area contributed by atoms with Crippen molar-refractivity contribution in [2.75, 3.05) is 0 Å². The molecule has 0 fully saturated rings. The fourth-order valence-corrected chi connectivity index (χ4v) is 2.88. The van der Waals surface area contributed by atoms with Gasteiger partial charge in [0, 0.05) is 6.21 Å². The smallest absolute Gasteiger partial charge is 0.143 e. The van der Waals surface area contributed by atoms with Gasteiger partial charge < -0.3 is 5.11 Å². The van der Waals surface area contributed by atoms with Crippen molar-refractivity contribution in [3.8, 4) is 5.75 Å². The number of aliphatic imine (C=N–C) groups is 1. The fourth-order valence-electron chi connectivity index (χ4n) is 1.66. The number of aryl methyl sites for hydroxylation is 2. The topological polar surface area (TPSA) is 32.6 Å². The summed E-state index contributed by atoms with van der Waals surface area (Å²) in [5.74, 6) is 0.198. The van der Waals surface area contributed by atoms with Gasteiger partial charge in [-0.05, 0) is 80.6 Å². The van der Waals surface area contributed by atoms with Crippen LogP contribution in [0.5, 0.6) is 5.75 Å². The van der Waals surface area contributed by atoms with Crippen molar-refractivity contribution in [1.82, 2.24) is 0 Å². The minimum atomic E-state index is 0.198. The summed E-state index contributed by atoms with van der Waals surface area (Å²) in [5, 5.41) is 9.66. The van der Waals surface area contributed by atoms with Gasteiger partial charge in [0.1, 0.15) is 5.75 Å². The molecule has 4 heteroatoms. The van der Waals surface area contributed by atoms with Crippen LogP contribution in [-0.2, 0) is 0 Å². The lowest BCUT2D eigenvalue weighted by molar-refractivity contribution is 0.468. The van der Waals surface area contributed by atoms with E-state index in [9.17, 15) is 5.11 Å². The minimum Gasteiger partial charge on any atom is -0.506 e. The van der Waals surface area contributed by atoms with Crippen LogP contribution in [-0.4, -0.2) is 11.3 Å². The van der Waals surface area contributed by atoms with Crippen molar-refractivity contribution >= 4 is 43.8 Å². The molecule has 2 aromatic rings. The first-order valence-electron chi connectivity index (χ1n) is 5.76. The number of halogens is 2. The van der Waals surface area contributed by atoms with Gasteiger partial charge in [0.05, 0.1) is 14.6 Å². The van der Waals surface area contributed by atoms with E-state index in [0.29, 0.717) is 8.95 Å². The lowest BCUT2D eigenvalue weighted by atomic mass is 10.1. The molecule has 1 N–H and O–H groups in total. The molecule has 0 aromatic heterocycles. The van der Waals surface area contributed by atoms with E-state index in [4.69, 9.17) is 0 Å². The molecule has 0 saturated heterocycles. The quantitative estimate of drug-likeness (QED) is 0.703. The van der Waals surface area contributed by atoms with E-state index in [1.54, 1.807) is 6.21 Å². The zero-order valence-electron chi connectivity index (χ0n) is 10.6. The second-order valence-corrected chi connectivity index (χ2v) is 6.09. The van der Waals surface area contributed by atoms with E-state index < -0.39 is 0 Å². The number of benzene rings is 2. The molecule has 0 heterocycles. The first kappa shape index (κ1) is 14.3. The van der Waals surface area contributed by atoms with Crippen molar-refractivity contribution in [1.29, 1.82) is 0 Å². The van der Waals surface area contributed by atoms with Crippen molar-refractivity contribution < 1.29 is 5.11 Å². The van der Waals surface area contributed by atoms with Crippen LogP contribution in [0, 0.1) is 13.8 Å². The SMILES string of the molecule is Cc1ccc(C)c(N=Cc2cc(Br)c(O)c(Br)c2)c1. The summed E-state index contributed by atoms with van der Waals surface area (Å²) in [5.41, 5.74) is 4.20. The van der Waals surface area contributed by atoms with Crippen molar-refractivity contribution in [3.05, 3.63) is 56.0 Å². The summed E-state index contributed by atoms with van der Waals surface area (Å²) in [7, 11) is 0. The molecule has 0 atom stereocenters. The Bertz CT molecular complexity index is 628. The lowest BCUT2D eigenvalue weighted by Crippen LogP contribution is -1.84. The fraction of sp³-hybridized carbons (Fsp3) is 0.133. The normalized spacial score (nSPS) is 11.2. The molecule has 0 aliphatic rings. The molecule has 0 saturated carbocycles. The van der Waals surface area contributed by atoms with Gasteiger partial charge in [-0.1, -0.05) is 12.1 Å². The molecule has 0 bridgehead atoms. The molecule has 2 nitrogen and oxygen atoms in total. The highest BCUT2D eigenvalue weighted by Crippen LogP contribution is 2.33. The highest BCUT2D eigenvalue weighted by molar-refractivity contribution is 9.11. The van der Waals surface area contributed by atoms with Crippen LogP contribution >= 0.6 is 31.9 Å². The van der Waals surface area contributed by atoms with Gasteiger partial charge in [0.2, 0.25) is 0 Å². The molecule has 98 valence electrons. The summed E-state index contributed by atoms with van der Waals surface area (Å²) < 4.78 is 1.29. The third-order valence-electron chi connectivity index (χ3n) is 2.76. The highest BCUT2D eigenvalue weighted by atomic mass is 79.9. The molecule has 0 unspecified atom stereocenters. The third-order valence-corrected chi connectivity index (χ3v) is 3.97. The number of hydrogen-bond donors (Lipinski definition) is 1. The minimum absolute atomic E-state index is 0.198. The molecule has 0 aliphatic carbocycles. The van der Waals surface area contributed by atoms with Gasteiger partial charge in [-0.2, -0.15) is 0 Å². The Balaban J connectivity index is 2.35. The second-order valence-electron chi connectivity index (χ2n) is 4.38. The predicted octanol–water partition coefficient (Wildman–Crippen LogP) is 5.28. The van der Waals surface area contributed by atoms with Crippen molar-refractivity contribution in [2.45, 2.75) is 13.8 Å². The molecular formula is C15H13Br2NO. The maximum atomic E-state index is 9.66. The Hall–Kier alpha value is -1.13. The Morgan fingerprint density at radius 1 is 1.05 bits per heavy atom. The lowest BCUT2D eigenvalue weighted by Gasteiger charge is -2.03. The van der Waals surface area contributed by atoms with E-state index in [1.807, 2.05) is 26.0 Å². The van der Waals surface area contributed by atoms with Crippen LogP contribution in [0.25, 0.3) is 0 Å². The van der Waals surface area contributed by atoms with Gasteiger partial charge in [-0.15, -0.1) is 0 Å².